The Morgan fingerprint density at radius 3 is 2.75 bits per heavy atom. The number of pyridine rings is 1. The third-order valence-electron chi connectivity index (χ3n) is 3.63. The maximum absolute atomic E-state index is 12.9. The molecule has 0 radical (unpaired) electrons. The van der Waals surface area contributed by atoms with E-state index in [1.165, 1.54) is 24.3 Å². The number of carbonyl (C=O) groups excluding carboxylic acids is 1. The number of amides is 1. The van der Waals surface area contributed by atoms with Crippen LogP contribution in [0, 0.1) is 12.7 Å². The lowest BCUT2D eigenvalue weighted by molar-refractivity contribution is -0.122. The van der Waals surface area contributed by atoms with Crippen molar-refractivity contribution in [3.63, 3.8) is 0 Å². The number of aromatic nitrogens is 3. The van der Waals surface area contributed by atoms with Gasteiger partial charge in [0, 0.05) is 12.4 Å². The van der Waals surface area contributed by atoms with Crippen LogP contribution in [0.15, 0.2) is 36.5 Å². The van der Waals surface area contributed by atoms with Crippen LogP contribution in [0.25, 0.3) is 11.0 Å². The highest BCUT2D eigenvalue weighted by Crippen LogP contribution is 2.20. The number of fused-ring (bicyclic) bond motifs is 1. The fourth-order valence-electron chi connectivity index (χ4n) is 2.39. The van der Waals surface area contributed by atoms with Crippen LogP contribution in [0.3, 0.4) is 0 Å². The average Bonchev–Trinajstić information content (AvgIpc) is 2.84. The minimum Gasteiger partial charge on any atom is -0.481 e. The predicted octanol–water partition coefficient (Wildman–Crippen LogP) is 2.82. The maximum Gasteiger partial charge on any atom is 0.265 e. The van der Waals surface area contributed by atoms with Gasteiger partial charge in [-0.2, -0.15) is 5.10 Å². The zero-order valence-electron chi connectivity index (χ0n) is 13.6. The van der Waals surface area contributed by atoms with Gasteiger partial charge in [0.15, 0.2) is 11.8 Å². The summed E-state index contributed by atoms with van der Waals surface area (Å²) in [6.45, 7) is 3.51. The highest BCUT2D eigenvalue weighted by molar-refractivity contribution is 5.95. The lowest BCUT2D eigenvalue weighted by Gasteiger charge is -2.14. The summed E-state index contributed by atoms with van der Waals surface area (Å²) in [5, 5.41) is 7.94. The van der Waals surface area contributed by atoms with Crippen molar-refractivity contribution in [2.24, 2.45) is 7.05 Å². The Kier molecular flexibility index (Phi) is 4.16. The lowest BCUT2D eigenvalue weighted by atomic mass is 10.2. The molecule has 6 nitrogen and oxygen atoms in total. The van der Waals surface area contributed by atoms with E-state index in [0.29, 0.717) is 11.4 Å². The van der Waals surface area contributed by atoms with Crippen molar-refractivity contribution in [2.45, 2.75) is 20.0 Å². The van der Waals surface area contributed by atoms with Crippen LogP contribution in [0.2, 0.25) is 0 Å². The summed E-state index contributed by atoms with van der Waals surface area (Å²) >= 11 is 0. The first-order chi connectivity index (χ1) is 11.4. The standard InChI is InChI=1S/C17H17FN4O2/c1-10-15-8-13(9-19-16(15)22(3)21-10)20-17(23)11(2)24-14-6-4-12(18)5-7-14/h4-9,11H,1-3H3,(H,20,23). The number of carbonyl (C=O) groups is 1. The molecule has 1 unspecified atom stereocenters. The first-order valence-electron chi connectivity index (χ1n) is 7.46. The molecule has 24 heavy (non-hydrogen) atoms. The summed E-state index contributed by atoms with van der Waals surface area (Å²) in [4.78, 5) is 16.6. The Hall–Kier alpha value is -2.96. The number of rotatable bonds is 4. The number of ether oxygens (including phenoxy) is 1. The van der Waals surface area contributed by atoms with Gasteiger partial charge in [0.1, 0.15) is 11.6 Å². The Morgan fingerprint density at radius 1 is 1.33 bits per heavy atom. The summed E-state index contributed by atoms with van der Waals surface area (Å²) in [5.41, 5.74) is 2.16. The van der Waals surface area contributed by atoms with Crippen molar-refractivity contribution in [2.75, 3.05) is 5.32 Å². The molecule has 0 saturated heterocycles. The van der Waals surface area contributed by atoms with Gasteiger partial charge in [0.2, 0.25) is 0 Å². The summed E-state index contributed by atoms with van der Waals surface area (Å²) in [7, 11) is 1.82. The van der Waals surface area contributed by atoms with Crippen LogP contribution in [-0.2, 0) is 11.8 Å². The molecule has 0 fully saturated rings. The summed E-state index contributed by atoms with van der Waals surface area (Å²) < 4.78 is 20.1. The molecule has 3 rings (SSSR count). The normalized spacial score (nSPS) is 12.2. The van der Waals surface area contributed by atoms with E-state index >= 15 is 0 Å². The van der Waals surface area contributed by atoms with Crippen molar-refractivity contribution < 1.29 is 13.9 Å². The molecule has 124 valence electrons. The van der Waals surface area contributed by atoms with Gasteiger partial charge in [-0.3, -0.25) is 9.48 Å². The van der Waals surface area contributed by atoms with Gasteiger partial charge in [0.05, 0.1) is 17.6 Å². The topological polar surface area (TPSA) is 69.0 Å². The van der Waals surface area contributed by atoms with Gasteiger partial charge in [-0.15, -0.1) is 0 Å². The second-order valence-corrected chi connectivity index (χ2v) is 5.51. The van der Waals surface area contributed by atoms with Crippen LogP contribution in [0.4, 0.5) is 10.1 Å². The molecule has 0 bridgehead atoms. The van der Waals surface area contributed by atoms with E-state index in [-0.39, 0.29) is 11.7 Å². The van der Waals surface area contributed by atoms with Crippen LogP contribution in [0.5, 0.6) is 5.75 Å². The SMILES string of the molecule is Cc1nn(C)c2ncc(NC(=O)C(C)Oc3ccc(F)cc3)cc12. The molecule has 0 saturated carbocycles. The van der Waals surface area contributed by atoms with E-state index in [1.54, 1.807) is 17.8 Å². The number of halogens is 1. The molecule has 2 heterocycles. The van der Waals surface area contributed by atoms with Crippen molar-refractivity contribution in [3.8, 4) is 5.75 Å². The van der Waals surface area contributed by atoms with Crippen molar-refractivity contribution in [1.29, 1.82) is 0 Å². The maximum atomic E-state index is 12.9. The number of aryl methyl sites for hydroxylation is 2. The molecule has 1 amide bonds. The van der Waals surface area contributed by atoms with Gasteiger partial charge < -0.3 is 10.1 Å². The smallest absolute Gasteiger partial charge is 0.265 e. The fourth-order valence-corrected chi connectivity index (χ4v) is 2.39. The Balaban J connectivity index is 1.71. The number of hydrogen-bond acceptors (Lipinski definition) is 4. The minimum absolute atomic E-state index is 0.318. The van der Waals surface area contributed by atoms with Gasteiger partial charge in [-0.05, 0) is 44.2 Å². The molecular formula is C17H17FN4O2. The summed E-state index contributed by atoms with van der Waals surface area (Å²) in [6.07, 6.45) is 0.840. The van der Waals surface area contributed by atoms with E-state index < -0.39 is 6.10 Å². The zero-order valence-corrected chi connectivity index (χ0v) is 13.6. The minimum atomic E-state index is -0.735. The first kappa shape index (κ1) is 15.9. The molecule has 0 aliphatic rings. The molecule has 7 heteroatoms. The largest absolute Gasteiger partial charge is 0.481 e. The predicted molar refractivity (Wildman–Crippen MR) is 88.4 cm³/mol. The van der Waals surface area contributed by atoms with E-state index in [0.717, 1.165) is 16.7 Å². The lowest BCUT2D eigenvalue weighted by Crippen LogP contribution is -2.30. The van der Waals surface area contributed by atoms with Crippen LogP contribution in [-0.4, -0.2) is 26.8 Å². The number of anilines is 1. The van der Waals surface area contributed by atoms with Gasteiger partial charge in [-0.1, -0.05) is 0 Å². The molecule has 0 spiro atoms. The molecule has 0 aliphatic carbocycles. The van der Waals surface area contributed by atoms with Gasteiger partial charge in [-0.25, -0.2) is 9.37 Å². The Bertz CT molecular complexity index is 889. The molecule has 0 aliphatic heterocycles. The average molecular weight is 328 g/mol. The third kappa shape index (κ3) is 3.19. The monoisotopic (exact) mass is 328 g/mol. The molecule has 1 N–H and O–H groups in total. The molecule has 1 atom stereocenters. The molecule has 3 aromatic rings. The van der Waals surface area contributed by atoms with Crippen LogP contribution >= 0.6 is 0 Å². The highest BCUT2D eigenvalue weighted by atomic mass is 19.1. The van der Waals surface area contributed by atoms with Crippen molar-refractivity contribution >= 4 is 22.6 Å². The van der Waals surface area contributed by atoms with Crippen molar-refractivity contribution in [1.82, 2.24) is 14.8 Å². The van der Waals surface area contributed by atoms with E-state index in [2.05, 4.69) is 15.4 Å². The Labute approximate surface area is 138 Å². The Morgan fingerprint density at radius 2 is 2.04 bits per heavy atom. The molecule has 1 aromatic carbocycles. The second-order valence-electron chi connectivity index (χ2n) is 5.51. The van der Waals surface area contributed by atoms with Crippen molar-refractivity contribution in [3.05, 3.63) is 48.0 Å². The first-order valence-corrected chi connectivity index (χ1v) is 7.46. The third-order valence-corrected chi connectivity index (χ3v) is 3.63. The van der Waals surface area contributed by atoms with E-state index in [1.807, 2.05) is 20.0 Å². The van der Waals surface area contributed by atoms with Crippen LogP contribution in [0.1, 0.15) is 12.6 Å². The number of nitrogens with one attached hydrogen (secondary N) is 1. The van der Waals surface area contributed by atoms with Gasteiger partial charge in [0.25, 0.3) is 5.91 Å². The molecule has 2 aromatic heterocycles. The zero-order chi connectivity index (χ0) is 17.3. The molecular weight excluding hydrogens is 311 g/mol. The van der Waals surface area contributed by atoms with Crippen LogP contribution < -0.4 is 10.1 Å². The fraction of sp³-hybridized carbons (Fsp3) is 0.235. The summed E-state index contributed by atoms with van der Waals surface area (Å²) in [6, 6.07) is 7.34. The summed E-state index contributed by atoms with van der Waals surface area (Å²) in [5.74, 6) is -0.247. The van der Waals surface area contributed by atoms with E-state index in [4.69, 9.17) is 4.74 Å². The number of hydrogen-bond donors (Lipinski definition) is 1. The van der Waals surface area contributed by atoms with Gasteiger partial charge >= 0.3 is 0 Å². The quantitative estimate of drug-likeness (QED) is 0.799. The second kappa shape index (κ2) is 6.27. The highest BCUT2D eigenvalue weighted by Gasteiger charge is 2.16. The number of nitrogens with zero attached hydrogens (tertiary/aromatic N) is 3. The number of benzene rings is 1. The van der Waals surface area contributed by atoms with E-state index in [9.17, 15) is 9.18 Å².